The van der Waals surface area contributed by atoms with Crippen LogP contribution < -0.4 is 5.32 Å². The van der Waals surface area contributed by atoms with Gasteiger partial charge in [0.1, 0.15) is 5.76 Å². The third kappa shape index (κ3) is 3.35. The highest BCUT2D eigenvalue weighted by molar-refractivity contribution is 5.95. The highest BCUT2D eigenvalue weighted by Gasteiger charge is 2.36. The molecule has 3 rings (SSSR count). The summed E-state index contributed by atoms with van der Waals surface area (Å²) in [5.74, 6) is 0.134. The summed E-state index contributed by atoms with van der Waals surface area (Å²) in [6.45, 7) is 3.67. The summed E-state index contributed by atoms with van der Waals surface area (Å²) in [5.41, 5.74) is 1.82. The fourth-order valence-corrected chi connectivity index (χ4v) is 3.01. The first-order valence-electron chi connectivity index (χ1n) is 8.57. The smallest absolute Gasteiger partial charge is 0.338 e. The van der Waals surface area contributed by atoms with Crippen molar-refractivity contribution in [3.05, 3.63) is 71.3 Å². The second-order valence-electron chi connectivity index (χ2n) is 6.17. The third-order valence-corrected chi connectivity index (χ3v) is 4.59. The summed E-state index contributed by atoms with van der Waals surface area (Å²) in [4.78, 5) is 26.7. The lowest BCUT2D eigenvalue weighted by atomic mass is 9.95. The van der Waals surface area contributed by atoms with Crippen molar-refractivity contribution in [2.75, 3.05) is 7.05 Å². The van der Waals surface area contributed by atoms with Crippen LogP contribution in [0.4, 0.5) is 4.79 Å². The SMILES string of the molecule is CCC(OC(=O)C1=C(C)N(C)C(=O)NC1c1ccccc1)c1ccco1. The summed E-state index contributed by atoms with van der Waals surface area (Å²) in [7, 11) is 1.63. The Kier molecular flexibility index (Phi) is 5.11. The normalized spacial score (nSPS) is 18.5. The van der Waals surface area contributed by atoms with Crippen molar-refractivity contribution in [3.63, 3.8) is 0 Å². The molecular weight excluding hydrogens is 332 g/mol. The molecule has 1 aliphatic rings. The lowest BCUT2D eigenvalue weighted by Crippen LogP contribution is -2.46. The van der Waals surface area contributed by atoms with Crippen molar-refractivity contribution in [1.29, 1.82) is 0 Å². The van der Waals surface area contributed by atoms with E-state index in [0.29, 0.717) is 23.5 Å². The summed E-state index contributed by atoms with van der Waals surface area (Å²) < 4.78 is 11.1. The molecule has 1 aliphatic heterocycles. The van der Waals surface area contributed by atoms with E-state index in [1.807, 2.05) is 37.3 Å². The Hall–Kier alpha value is -3.02. The second kappa shape index (κ2) is 7.47. The molecule has 0 aliphatic carbocycles. The number of ether oxygens (including phenoxy) is 1. The molecule has 2 heterocycles. The van der Waals surface area contributed by atoms with Crippen LogP contribution >= 0.6 is 0 Å². The van der Waals surface area contributed by atoms with E-state index >= 15 is 0 Å². The topological polar surface area (TPSA) is 71.8 Å². The number of hydrogen-bond acceptors (Lipinski definition) is 4. The largest absolute Gasteiger partial charge is 0.465 e. The molecule has 26 heavy (non-hydrogen) atoms. The maximum absolute atomic E-state index is 13.0. The van der Waals surface area contributed by atoms with E-state index in [4.69, 9.17) is 9.15 Å². The van der Waals surface area contributed by atoms with Crippen LogP contribution in [0.5, 0.6) is 0 Å². The molecule has 6 heteroatoms. The van der Waals surface area contributed by atoms with Crippen molar-refractivity contribution in [2.45, 2.75) is 32.4 Å². The van der Waals surface area contributed by atoms with Gasteiger partial charge in [0.2, 0.25) is 0 Å². The van der Waals surface area contributed by atoms with Crippen LogP contribution in [0.1, 0.15) is 43.7 Å². The van der Waals surface area contributed by atoms with Crippen LogP contribution in [0, 0.1) is 0 Å². The van der Waals surface area contributed by atoms with Gasteiger partial charge >= 0.3 is 12.0 Å². The van der Waals surface area contributed by atoms with E-state index in [0.717, 1.165) is 5.56 Å². The molecule has 1 N–H and O–H groups in total. The Morgan fingerprint density at radius 1 is 1.27 bits per heavy atom. The average molecular weight is 354 g/mol. The molecule has 2 unspecified atom stereocenters. The number of amides is 2. The first-order valence-corrected chi connectivity index (χ1v) is 8.57. The minimum Gasteiger partial charge on any atom is -0.465 e. The fraction of sp³-hybridized carbons (Fsp3) is 0.300. The number of carbonyl (C=O) groups is 2. The van der Waals surface area contributed by atoms with Gasteiger partial charge in [-0.2, -0.15) is 0 Å². The molecule has 1 aromatic carbocycles. The van der Waals surface area contributed by atoms with E-state index in [1.165, 1.54) is 4.90 Å². The molecule has 0 saturated heterocycles. The van der Waals surface area contributed by atoms with Crippen LogP contribution in [-0.4, -0.2) is 23.9 Å². The monoisotopic (exact) mass is 354 g/mol. The lowest BCUT2D eigenvalue weighted by molar-refractivity contribution is -0.146. The van der Waals surface area contributed by atoms with E-state index in [2.05, 4.69) is 5.32 Å². The summed E-state index contributed by atoms with van der Waals surface area (Å²) in [6.07, 6.45) is 1.67. The van der Waals surface area contributed by atoms with Gasteiger partial charge in [0.25, 0.3) is 0 Å². The Labute approximate surface area is 152 Å². The van der Waals surface area contributed by atoms with Gasteiger partial charge in [0.05, 0.1) is 17.9 Å². The van der Waals surface area contributed by atoms with E-state index < -0.39 is 18.1 Å². The number of carbonyl (C=O) groups excluding carboxylic acids is 2. The number of furan rings is 1. The zero-order valence-electron chi connectivity index (χ0n) is 15.1. The lowest BCUT2D eigenvalue weighted by Gasteiger charge is -2.33. The average Bonchev–Trinajstić information content (AvgIpc) is 3.19. The van der Waals surface area contributed by atoms with Gasteiger partial charge in [-0.05, 0) is 31.0 Å². The first kappa shape index (κ1) is 17.8. The molecule has 2 atom stereocenters. The highest BCUT2D eigenvalue weighted by atomic mass is 16.6. The third-order valence-electron chi connectivity index (χ3n) is 4.59. The molecule has 1 aromatic heterocycles. The molecule has 2 aromatic rings. The number of nitrogens with zero attached hydrogens (tertiary/aromatic N) is 1. The second-order valence-corrected chi connectivity index (χ2v) is 6.17. The molecule has 0 spiro atoms. The molecule has 0 radical (unpaired) electrons. The van der Waals surface area contributed by atoms with Crippen LogP contribution in [0.15, 0.2) is 64.4 Å². The van der Waals surface area contributed by atoms with Gasteiger partial charge in [-0.25, -0.2) is 9.59 Å². The number of urea groups is 1. The molecule has 0 bridgehead atoms. The highest BCUT2D eigenvalue weighted by Crippen LogP contribution is 2.32. The van der Waals surface area contributed by atoms with Crippen LogP contribution in [0.3, 0.4) is 0 Å². The molecule has 0 saturated carbocycles. The minimum atomic E-state index is -0.554. The zero-order chi connectivity index (χ0) is 18.7. The molecule has 136 valence electrons. The number of benzene rings is 1. The molecule has 6 nitrogen and oxygen atoms in total. The van der Waals surface area contributed by atoms with E-state index in [1.54, 1.807) is 32.4 Å². The number of esters is 1. The van der Waals surface area contributed by atoms with Gasteiger partial charge in [-0.1, -0.05) is 37.3 Å². The van der Waals surface area contributed by atoms with Crippen LogP contribution in [-0.2, 0) is 9.53 Å². The van der Waals surface area contributed by atoms with Gasteiger partial charge in [0, 0.05) is 12.7 Å². The number of hydrogen-bond donors (Lipinski definition) is 1. The maximum atomic E-state index is 13.0. The van der Waals surface area contributed by atoms with Gasteiger partial charge in [-0.3, -0.25) is 0 Å². The maximum Gasteiger partial charge on any atom is 0.338 e. The van der Waals surface area contributed by atoms with Crippen molar-refractivity contribution < 1.29 is 18.7 Å². The summed E-state index contributed by atoms with van der Waals surface area (Å²) >= 11 is 0. The quantitative estimate of drug-likeness (QED) is 0.826. The number of nitrogens with one attached hydrogen (secondary N) is 1. The molecular formula is C20H22N2O4. The predicted molar refractivity (Wildman–Crippen MR) is 96.0 cm³/mol. The molecule has 2 amide bonds. The first-order chi connectivity index (χ1) is 12.5. The van der Waals surface area contributed by atoms with Crippen molar-refractivity contribution >= 4 is 12.0 Å². The van der Waals surface area contributed by atoms with E-state index in [9.17, 15) is 9.59 Å². The Bertz CT molecular complexity index is 812. The van der Waals surface area contributed by atoms with Crippen molar-refractivity contribution in [2.24, 2.45) is 0 Å². The van der Waals surface area contributed by atoms with Gasteiger partial charge < -0.3 is 19.4 Å². The number of rotatable bonds is 5. The van der Waals surface area contributed by atoms with Crippen LogP contribution in [0.25, 0.3) is 0 Å². The summed E-state index contributed by atoms with van der Waals surface area (Å²) in [5, 5.41) is 2.87. The van der Waals surface area contributed by atoms with Gasteiger partial charge in [-0.15, -0.1) is 0 Å². The van der Waals surface area contributed by atoms with Gasteiger partial charge in [0.15, 0.2) is 6.10 Å². The van der Waals surface area contributed by atoms with Crippen molar-refractivity contribution in [1.82, 2.24) is 10.2 Å². The number of allylic oxidation sites excluding steroid dienone is 1. The van der Waals surface area contributed by atoms with Crippen molar-refractivity contribution in [3.8, 4) is 0 Å². The van der Waals surface area contributed by atoms with Crippen LogP contribution in [0.2, 0.25) is 0 Å². The standard InChI is InChI=1S/C20H22N2O4/c1-4-15(16-11-8-12-25-16)26-19(23)17-13(2)22(3)20(24)21-18(17)14-9-6-5-7-10-14/h5-12,15,18H,4H2,1-3H3,(H,21,24). The Balaban J connectivity index is 1.94. The summed E-state index contributed by atoms with van der Waals surface area (Å²) in [6, 6.07) is 12.1. The molecule has 0 fully saturated rings. The van der Waals surface area contributed by atoms with E-state index in [-0.39, 0.29) is 6.03 Å². The Morgan fingerprint density at radius 3 is 2.62 bits per heavy atom. The Morgan fingerprint density at radius 2 is 2.00 bits per heavy atom. The predicted octanol–water partition coefficient (Wildman–Crippen LogP) is 3.94. The minimum absolute atomic E-state index is 0.258. The fourth-order valence-electron chi connectivity index (χ4n) is 3.01. The zero-order valence-corrected chi connectivity index (χ0v) is 15.1.